The summed E-state index contributed by atoms with van der Waals surface area (Å²) in [5, 5.41) is 0. The summed E-state index contributed by atoms with van der Waals surface area (Å²) in [5.41, 5.74) is 0. The third-order valence-electron chi connectivity index (χ3n) is 12.6. The Balaban J connectivity index is 4.18. The number of rotatable bonds is 54. The Hall–Kier alpha value is -4.71. The highest BCUT2D eigenvalue weighted by Crippen LogP contribution is 2.14. The highest BCUT2D eigenvalue weighted by Gasteiger charge is 2.19. The molecular formula is C70H112O6. The van der Waals surface area contributed by atoms with Crippen LogP contribution in [0.15, 0.2) is 146 Å². The number of esters is 3. The summed E-state index contributed by atoms with van der Waals surface area (Å²) in [4.78, 5) is 37.9. The topological polar surface area (TPSA) is 78.9 Å². The van der Waals surface area contributed by atoms with Crippen molar-refractivity contribution in [2.75, 3.05) is 13.2 Å². The number of ether oxygens (including phenoxy) is 3. The van der Waals surface area contributed by atoms with E-state index in [2.05, 4.69) is 167 Å². The lowest BCUT2D eigenvalue weighted by Crippen LogP contribution is -2.30. The van der Waals surface area contributed by atoms with Gasteiger partial charge in [0.05, 0.1) is 0 Å². The minimum absolute atomic E-state index is 0.0931. The Morgan fingerprint density at radius 3 is 0.829 bits per heavy atom. The number of unbranched alkanes of at least 4 members (excludes halogenated alkanes) is 19. The van der Waals surface area contributed by atoms with E-state index >= 15 is 0 Å². The molecule has 0 saturated heterocycles. The molecule has 6 nitrogen and oxygen atoms in total. The SMILES string of the molecule is CC/C=C\C/C=C\C/C=C\C/C=C\C/C=C\C/C=C\C/C=C\C/C=C\C/C=C\C/C=C\CCCCCCC(=O)OCC(COC(=O)CCCCCCCC)OC(=O)CCCCCCCCC/C=C\C/C=C\CCCCC. The monoisotopic (exact) mass is 1050 g/mol. The van der Waals surface area contributed by atoms with Crippen molar-refractivity contribution in [3.8, 4) is 0 Å². The van der Waals surface area contributed by atoms with Gasteiger partial charge in [-0.05, 0) is 128 Å². The molecular weight excluding hydrogens is 937 g/mol. The van der Waals surface area contributed by atoms with Gasteiger partial charge < -0.3 is 14.2 Å². The summed E-state index contributed by atoms with van der Waals surface area (Å²) in [5.74, 6) is -0.941. The number of carbonyl (C=O) groups excluding carboxylic acids is 3. The van der Waals surface area contributed by atoms with E-state index in [1.165, 1.54) is 70.6 Å². The maximum atomic E-state index is 12.8. The molecule has 0 amide bonds. The van der Waals surface area contributed by atoms with Crippen molar-refractivity contribution in [3.05, 3.63) is 146 Å². The Labute approximate surface area is 467 Å². The van der Waals surface area contributed by atoms with E-state index in [-0.39, 0.29) is 31.1 Å². The number of allylic oxidation sites excluding steroid dienone is 24. The highest BCUT2D eigenvalue weighted by atomic mass is 16.6. The number of carbonyl (C=O) groups is 3. The van der Waals surface area contributed by atoms with Crippen LogP contribution in [-0.4, -0.2) is 37.2 Å². The molecule has 0 spiro atoms. The highest BCUT2D eigenvalue weighted by molar-refractivity contribution is 5.71. The van der Waals surface area contributed by atoms with Crippen LogP contribution >= 0.6 is 0 Å². The Morgan fingerprint density at radius 2 is 0.513 bits per heavy atom. The molecule has 0 rings (SSSR count). The van der Waals surface area contributed by atoms with Gasteiger partial charge in [-0.25, -0.2) is 0 Å². The van der Waals surface area contributed by atoms with Crippen molar-refractivity contribution in [2.24, 2.45) is 0 Å². The Bertz CT molecular complexity index is 1680. The van der Waals surface area contributed by atoms with Gasteiger partial charge >= 0.3 is 17.9 Å². The van der Waals surface area contributed by atoms with Gasteiger partial charge in [0.1, 0.15) is 13.2 Å². The maximum absolute atomic E-state index is 12.8. The second kappa shape index (κ2) is 62.8. The number of hydrogen-bond acceptors (Lipinski definition) is 6. The molecule has 6 heteroatoms. The fourth-order valence-corrected chi connectivity index (χ4v) is 7.97. The molecule has 0 saturated carbocycles. The van der Waals surface area contributed by atoms with Crippen molar-refractivity contribution >= 4 is 17.9 Å². The molecule has 0 fully saturated rings. The molecule has 0 aromatic heterocycles. The van der Waals surface area contributed by atoms with Crippen LogP contribution in [0.5, 0.6) is 0 Å². The van der Waals surface area contributed by atoms with Crippen LogP contribution in [0.2, 0.25) is 0 Å². The van der Waals surface area contributed by atoms with Crippen molar-refractivity contribution in [1.29, 1.82) is 0 Å². The smallest absolute Gasteiger partial charge is 0.306 e. The van der Waals surface area contributed by atoms with Crippen LogP contribution in [0.3, 0.4) is 0 Å². The fraction of sp³-hybridized carbons (Fsp3) is 0.614. The average molecular weight is 1050 g/mol. The fourth-order valence-electron chi connectivity index (χ4n) is 7.97. The van der Waals surface area contributed by atoms with Crippen molar-refractivity contribution < 1.29 is 28.6 Å². The summed E-state index contributed by atoms with van der Waals surface area (Å²) in [6, 6.07) is 0. The Kier molecular flexibility index (Phi) is 58.9. The van der Waals surface area contributed by atoms with Gasteiger partial charge in [0.25, 0.3) is 0 Å². The minimum atomic E-state index is -0.795. The first-order chi connectivity index (χ1) is 37.5. The third-order valence-corrected chi connectivity index (χ3v) is 12.6. The predicted molar refractivity (Wildman–Crippen MR) is 329 cm³/mol. The average Bonchev–Trinajstić information content (AvgIpc) is 3.42. The lowest BCUT2D eigenvalue weighted by Gasteiger charge is -2.18. The molecule has 0 aliphatic heterocycles. The molecule has 0 N–H and O–H groups in total. The molecule has 0 aliphatic rings. The van der Waals surface area contributed by atoms with Crippen LogP contribution in [0, 0.1) is 0 Å². The normalized spacial score (nSPS) is 13.1. The zero-order valence-electron chi connectivity index (χ0n) is 49.0. The number of hydrogen-bond donors (Lipinski definition) is 0. The van der Waals surface area contributed by atoms with Crippen LogP contribution < -0.4 is 0 Å². The van der Waals surface area contributed by atoms with Gasteiger partial charge in [-0.3, -0.25) is 14.4 Å². The van der Waals surface area contributed by atoms with E-state index in [4.69, 9.17) is 14.2 Å². The van der Waals surface area contributed by atoms with Gasteiger partial charge in [-0.15, -0.1) is 0 Å². The van der Waals surface area contributed by atoms with Crippen LogP contribution in [-0.2, 0) is 28.6 Å². The molecule has 0 aliphatic carbocycles. The lowest BCUT2D eigenvalue weighted by molar-refractivity contribution is -0.167. The molecule has 76 heavy (non-hydrogen) atoms. The summed E-state index contributed by atoms with van der Waals surface area (Å²) >= 11 is 0. The summed E-state index contributed by atoms with van der Waals surface area (Å²) in [7, 11) is 0. The van der Waals surface area contributed by atoms with Gasteiger partial charge in [-0.2, -0.15) is 0 Å². The second-order valence-electron chi connectivity index (χ2n) is 19.9. The zero-order valence-corrected chi connectivity index (χ0v) is 49.0. The molecule has 0 aromatic rings. The molecule has 0 aromatic carbocycles. The molecule has 0 radical (unpaired) electrons. The van der Waals surface area contributed by atoms with Gasteiger partial charge in [0.15, 0.2) is 6.10 Å². The first kappa shape index (κ1) is 71.3. The van der Waals surface area contributed by atoms with Crippen molar-refractivity contribution in [2.45, 2.75) is 264 Å². The van der Waals surface area contributed by atoms with Gasteiger partial charge in [-0.1, -0.05) is 256 Å². The summed E-state index contributed by atoms with van der Waals surface area (Å²) < 4.78 is 16.7. The predicted octanol–water partition coefficient (Wildman–Crippen LogP) is 21.2. The van der Waals surface area contributed by atoms with Gasteiger partial charge in [0.2, 0.25) is 0 Å². The largest absolute Gasteiger partial charge is 0.462 e. The van der Waals surface area contributed by atoms with Crippen LogP contribution in [0.4, 0.5) is 0 Å². The summed E-state index contributed by atoms with van der Waals surface area (Å²) in [6.07, 6.45) is 90.2. The first-order valence-electron chi connectivity index (χ1n) is 30.8. The maximum Gasteiger partial charge on any atom is 0.306 e. The van der Waals surface area contributed by atoms with E-state index in [1.807, 2.05) is 0 Å². The van der Waals surface area contributed by atoms with Crippen molar-refractivity contribution in [3.63, 3.8) is 0 Å². The van der Waals surface area contributed by atoms with E-state index in [0.717, 1.165) is 148 Å². The van der Waals surface area contributed by atoms with E-state index < -0.39 is 6.10 Å². The van der Waals surface area contributed by atoms with E-state index in [0.29, 0.717) is 19.3 Å². The standard InChI is InChI=1S/C70H112O6/c1-4-7-10-13-16-18-20-22-24-26-27-28-29-30-31-32-33-34-35-36-37-38-39-40-41-42-43-45-46-48-50-52-54-57-60-63-69(72)75-66-67(65-74-68(71)62-59-56-15-12-9-6-3)76-70(73)64-61-58-55-53-51-49-47-44-25-23-21-19-17-14-11-8-5-2/h7,10,16-19,22-25,27-28,30-31,33-34,36-37,39-40,42-43,46,48,67H,4-6,8-9,11-15,20-21,26,29,32,35,38,41,44-45,47,49-66H2,1-3H3/b10-7-,18-16-,19-17-,24-22-,25-23-,28-27-,31-30-,34-33-,37-36-,40-39-,43-42-,48-46-. The minimum Gasteiger partial charge on any atom is -0.462 e. The second-order valence-corrected chi connectivity index (χ2v) is 19.9. The Morgan fingerprint density at radius 1 is 0.276 bits per heavy atom. The molecule has 428 valence electrons. The third kappa shape index (κ3) is 60.2. The van der Waals surface area contributed by atoms with Crippen LogP contribution in [0.1, 0.15) is 258 Å². The first-order valence-corrected chi connectivity index (χ1v) is 30.8. The van der Waals surface area contributed by atoms with Gasteiger partial charge in [0, 0.05) is 19.3 Å². The van der Waals surface area contributed by atoms with Crippen LogP contribution in [0.25, 0.3) is 0 Å². The summed E-state index contributed by atoms with van der Waals surface area (Å²) in [6.45, 7) is 6.40. The molecule has 0 bridgehead atoms. The van der Waals surface area contributed by atoms with Crippen molar-refractivity contribution in [1.82, 2.24) is 0 Å². The molecule has 1 atom stereocenters. The molecule has 0 heterocycles. The quantitative estimate of drug-likeness (QED) is 0.0261. The van der Waals surface area contributed by atoms with E-state index in [1.54, 1.807) is 0 Å². The van der Waals surface area contributed by atoms with E-state index in [9.17, 15) is 14.4 Å². The zero-order chi connectivity index (χ0) is 55.0. The molecule has 1 unspecified atom stereocenters. The lowest BCUT2D eigenvalue weighted by atomic mass is 10.1.